The molecule has 0 aromatic heterocycles. The quantitative estimate of drug-likeness (QED) is 0.321. The van der Waals surface area contributed by atoms with Crippen LogP contribution in [0.4, 0.5) is 0 Å². The Bertz CT molecular complexity index is 407. The minimum atomic E-state index is -1.31. The van der Waals surface area contributed by atoms with Crippen LogP contribution in [0.5, 0.6) is 0 Å². The lowest BCUT2D eigenvalue weighted by Gasteiger charge is -2.20. The van der Waals surface area contributed by atoms with Gasteiger partial charge in [0.15, 0.2) is 5.79 Å². The van der Waals surface area contributed by atoms with Crippen LogP contribution in [0.1, 0.15) is 66.2 Å². The summed E-state index contributed by atoms with van der Waals surface area (Å²) in [5.41, 5.74) is 0. The number of carbonyl (C=O) groups excluding carboxylic acids is 2. The summed E-state index contributed by atoms with van der Waals surface area (Å²) < 4.78 is 5.39. The average molecular weight is 391 g/mol. The molecule has 8 nitrogen and oxygen atoms in total. The predicted molar refractivity (Wildman–Crippen MR) is 104 cm³/mol. The standard InChI is InChI=1S/C10H16N2O4.C5H10O2.2C2H6/c1-11-9(15)4-5-12(7-14)10-3-2-8(6-13)16-10;6-5(7)3-1-2-4-5;2*1-2/h4-5,7-8,10,13H,2-3,6H2,1H3,(H,11,15);6-7H,1-4H2;2*1-2H3/b5-4-;;;. The topological polar surface area (TPSA) is 119 Å². The first-order valence-corrected chi connectivity index (χ1v) is 9.75. The Balaban J connectivity index is 0. The number of nitrogens with zero attached hydrogens (tertiary/aromatic N) is 1. The summed E-state index contributed by atoms with van der Waals surface area (Å²) in [5, 5.41) is 28.8. The molecule has 1 heterocycles. The van der Waals surface area contributed by atoms with E-state index in [2.05, 4.69) is 5.32 Å². The van der Waals surface area contributed by atoms with Crippen LogP contribution in [0.2, 0.25) is 0 Å². The third kappa shape index (κ3) is 12.5. The van der Waals surface area contributed by atoms with Crippen LogP contribution in [0, 0.1) is 0 Å². The third-order valence-corrected chi connectivity index (χ3v) is 3.79. The first-order valence-electron chi connectivity index (χ1n) is 9.75. The molecule has 1 saturated carbocycles. The first kappa shape index (κ1) is 27.7. The van der Waals surface area contributed by atoms with Gasteiger partial charge in [-0.3, -0.25) is 14.5 Å². The molecule has 8 heteroatoms. The van der Waals surface area contributed by atoms with Crippen molar-refractivity contribution in [2.45, 2.75) is 84.3 Å². The van der Waals surface area contributed by atoms with Crippen LogP contribution in [0.25, 0.3) is 0 Å². The van der Waals surface area contributed by atoms with Crippen molar-refractivity contribution in [1.82, 2.24) is 10.2 Å². The Hall–Kier alpha value is -1.48. The minimum Gasteiger partial charge on any atom is -0.394 e. The van der Waals surface area contributed by atoms with E-state index >= 15 is 0 Å². The van der Waals surface area contributed by atoms with Crippen molar-refractivity contribution in [3.8, 4) is 0 Å². The number of hydrogen-bond acceptors (Lipinski definition) is 6. The Labute approximate surface area is 163 Å². The molecule has 1 aliphatic carbocycles. The molecule has 0 aromatic rings. The van der Waals surface area contributed by atoms with E-state index < -0.39 is 12.0 Å². The van der Waals surface area contributed by atoms with E-state index in [9.17, 15) is 9.59 Å². The largest absolute Gasteiger partial charge is 0.394 e. The lowest BCUT2D eigenvalue weighted by atomic mass is 10.2. The van der Waals surface area contributed by atoms with Crippen molar-refractivity contribution in [1.29, 1.82) is 0 Å². The molecule has 0 aromatic carbocycles. The van der Waals surface area contributed by atoms with Gasteiger partial charge in [0.05, 0.1) is 12.7 Å². The SMILES string of the molecule is CC.CC.CNC(=O)/C=C\N(C=O)C1CCC(CO)O1.OC1(O)CCCC1. The monoisotopic (exact) mass is 390 g/mol. The second kappa shape index (κ2) is 16.7. The molecule has 1 aliphatic heterocycles. The number of hydrogen-bond donors (Lipinski definition) is 4. The van der Waals surface area contributed by atoms with Crippen molar-refractivity contribution >= 4 is 12.3 Å². The van der Waals surface area contributed by atoms with Crippen LogP contribution >= 0.6 is 0 Å². The van der Waals surface area contributed by atoms with E-state index in [-0.39, 0.29) is 18.6 Å². The molecule has 0 spiro atoms. The zero-order valence-electron chi connectivity index (χ0n) is 17.4. The number of aliphatic hydroxyl groups excluding tert-OH is 1. The molecular weight excluding hydrogens is 352 g/mol. The maximum absolute atomic E-state index is 10.9. The van der Waals surface area contributed by atoms with Crippen molar-refractivity contribution in [3.05, 3.63) is 12.3 Å². The van der Waals surface area contributed by atoms with Gasteiger partial charge >= 0.3 is 0 Å². The van der Waals surface area contributed by atoms with Crippen molar-refractivity contribution in [3.63, 3.8) is 0 Å². The van der Waals surface area contributed by atoms with Crippen LogP contribution in [0.15, 0.2) is 12.3 Å². The first-order chi connectivity index (χ1) is 12.9. The number of aliphatic hydroxyl groups is 3. The van der Waals surface area contributed by atoms with Gasteiger partial charge in [-0.1, -0.05) is 27.7 Å². The van der Waals surface area contributed by atoms with Crippen LogP contribution < -0.4 is 5.32 Å². The van der Waals surface area contributed by atoms with E-state index in [1.165, 1.54) is 24.2 Å². The van der Waals surface area contributed by atoms with Crippen LogP contribution in [0.3, 0.4) is 0 Å². The van der Waals surface area contributed by atoms with Crippen LogP contribution in [-0.2, 0) is 14.3 Å². The smallest absolute Gasteiger partial charge is 0.245 e. The molecule has 160 valence electrons. The molecule has 2 amide bonds. The number of ether oxygens (including phenoxy) is 1. The van der Waals surface area contributed by atoms with Gasteiger partial charge in [-0.2, -0.15) is 0 Å². The summed E-state index contributed by atoms with van der Waals surface area (Å²) in [6.45, 7) is 7.95. The van der Waals surface area contributed by atoms with E-state index in [4.69, 9.17) is 20.1 Å². The van der Waals surface area contributed by atoms with Crippen LogP contribution in [-0.4, -0.2) is 64.3 Å². The van der Waals surface area contributed by atoms with Gasteiger partial charge in [-0.25, -0.2) is 0 Å². The van der Waals surface area contributed by atoms with Gasteiger partial charge in [-0.15, -0.1) is 0 Å². The molecule has 0 bridgehead atoms. The van der Waals surface area contributed by atoms with E-state index in [0.717, 1.165) is 12.8 Å². The number of likely N-dealkylation sites (N-methyl/N-ethyl adjacent to an activating group) is 1. The molecule has 0 radical (unpaired) electrons. The maximum atomic E-state index is 10.9. The van der Waals surface area contributed by atoms with Gasteiger partial charge < -0.3 is 25.4 Å². The van der Waals surface area contributed by atoms with Gasteiger partial charge in [-0.05, 0) is 25.7 Å². The Morgan fingerprint density at radius 3 is 2.07 bits per heavy atom. The van der Waals surface area contributed by atoms with Crippen molar-refractivity contribution in [2.24, 2.45) is 0 Å². The zero-order valence-corrected chi connectivity index (χ0v) is 17.4. The van der Waals surface area contributed by atoms with Crippen molar-refractivity contribution in [2.75, 3.05) is 13.7 Å². The Morgan fingerprint density at radius 1 is 1.19 bits per heavy atom. The summed E-state index contributed by atoms with van der Waals surface area (Å²) >= 11 is 0. The third-order valence-electron chi connectivity index (χ3n) is 3.79. The zero-order chi connectivity index (χ0) is 21.3. The van der Waals surface area contributed by atoms with Gasteiger partial charge in [0.1, 0.15) is 6.23 Å². The summed E-state index contributed by atoms with van der Waals surface area (Å²) in [6, 6.07) is 0. The Morgan fingerprint density at radius 2 is 1.74 bits per heavy atom. The lowest BCUT2D eigenvalue weighted by molar-refractivity contribution is -0.152. The predicted octanol–water partition coefficient (Wildman–Crippen LogP) is 1.50. The average Bonchev–Trinajstić information content (AvgIpc) is 3.34. The molecule has 2 fully saturated rings. The summed E-state index contributed by atoms with van der Waals surface area (Å²) in [5.74, 6) is -1.59. The van der Waals surface area contributed by atoms with Gasteiger partial charge in [0, 0.05) is 32.2 Å². The van der Waals surface area contributed by atoms with Gasteiger partial charge in [0.25, 0.3) is 0 Å². The van der Waals surface area contributed by atoms with E-state index in [0.29, 0.717) is 32.1 Å². The highest BCUT2D eigenvalue weighted by molar-refractivity contribution is 5.87. The normalized spacial score (nSPS) is 22.4. The number of nitrogens with one attached hydrogen (secondary N) is 1. The highest BCUT2D eigenvalue weighted by atomic mass is 16.5. The number of carbonyl (C=O) groups is 2. The molecule has 1 saturated heterocycles. The highest BCUT2D eigenvalue weighted by Gasteiger charge is 2.28. The number of rotatable bonds is 5. The maximum Gasteiger partial charge on any atom is 0.245 e. The number of amides is 2. The minimum absolute atomic E-state index is 0.0532. The lowest BCUT2D eigenvalue weighted by Crippen LogP contribution is -2.30. The van der Waals surface area contributed by atoms with Crippen molar-refractivity contribution < 1.29 is 29.6 Å². The summed E-state index contributed by atoms with van der Waals surface area (Å²) in [6.07, 6.45) is 7.03. The fourth-order valence-corrected chi connectivity index (χ4v) is 2.42. The Kier molecular flexibility index (Phi) is 17.1. The summed E-state index contributed by atoms with van der Waals surface area (Å²) in [7, 11) is 1.51. The van der Waals surface area contributed by atoms with E-state index in [1.54, 1.807) is 0 Å². The second-order valence-electron chi connectivity index (χ2n) is 5.64. The fraction of sp³-hybridized carbons (Fsp3) is 0.789. The highest BCUT2D eigenvalue weighted by Crippen LogP contribution is 2.25. The molecule has 2 atom stereocenters. The molecule has 4 N–H and O–H groups in total. The fourth-order valence-electron chi connectivity index (χ4n) is 2.42. The molecule has 2 aliphatic rings. The summed E-state index contributed by atoms with van der Waals surface area (Å²) in [4.78, 5) is 23.0. The van der Waals surface area contributed by atoms with Gasteiger partial charge in [0.2, 0.25) is 12.3 Å². The molecule has 2 rings (SSSR count). The molecular formula is C19H38N2O6. The second-order valence-corrected chi connectivity index (χ2v) is 5.64. The molecule has 27 heavy (non-hydrogen) atoms. The van der Waals surface area contributed by atoms with E-state index in [1.807, 2.05) is 27.7 Å². The molecule has 2 unspecified atom stereocenters.